The van der Waals surface area contributed by atoms with Gasteiger partial charge < -0.3 is 0 Å². The van der Waals surface area contributed by atoms with E-state index in [4.69, 9.17) is 23.2 Å². The van der Waals surface area contributed by atoms with Gasteiger partial charge in [-0.2, -0.15) is 5.26 Å². The van der Waals surface area contributed by atoms with E-state index in [-0.39, 0.29) is 11.7 Å². The third kappa shape index (κ3) is 2.68. The standard InChI is InChI=1S/C14H13Cl2NO/c1-8(9-2-3-9)14(18)11(7-17)10-4-5-12(15)13(16)6-10/h4-6,8-9,11H,2-3H2,1H3. The van der Waals surface area contributed by atoms with Gasteiger partial charge in [-0.05, 0) is 36.5 Å². The lowest BCUT2D eigenvalue weighted by Gasteiger charge is -2.14. The van der Waals surface area contributed by atoms with Crippen molar-refractivity contribution in [1.82, 2.24) is 0 Å². The Kier molecular flexibility index (Phi) is 3.94. The van der Waals surface area contributed by atoms with Gasteiger partial charge in [0, 0.05) is 5.92 Å². The number of hydrogen-bond donors (Lipinski definition) is 0. The first kappa shape index (κ1) is 13.4. The molecule has 2 nitrogen and oxygen atoms in total. The molecule has 0 amide bonds. The summed E-state index contributed by atoms with van der Waals surface area (Å²) < 4.78 is 0. The third-order valence-corrected chi connectivity index (χ3v) is 4.21. The molecule has 0 saturated heterocycles. The van der Waals surface area contributed by atoms with E-state index in [0.29, 0.717) is 21.5 Å². The lowest BCUT2D eigenvalue weighted by atomic mass is 9.87. The van der Waals surface area contributed by atoms with Crippen LogP contribution < -0.4 is 0 Å². The van der Waals surface area contributed by atoms with Crippen LogP contribution in [0, 0.1) is 23.2 Å². The second-order valence-electron chi connectivity index (χ2n) is 4.76. The highest BCUT2D eigenvalue weighted by atomic mass is 35.5. The molecular formula is C14H13Cl2NO. The van der Waals surface area contributed by atoms with Crippen LogP contribution in [-0.2, 0) is 4.79 Å². The normalized spacial score (nSPS) is 17.9. The van der Waals surface area contributed by atoms with E-state index in [1.807, 2.05) is 6.92 Å². The van der Waals surface area contributed by atoms with Crippen molar-refractivity contribution in [3.8, 4) is 6.07 Å². The van der Waals surface area contributed by atoms with E-state index < -0.39 is 5.92 Å². The van der Waals surface area contributed by atoms with Crippen molar-refractivity contribution in [3.63, 3.8) is 0 Å². The molecular weight excluding hydrogens is 269 g/mol. The van der Waals surface area contributed by atoms with Crippen LogP contribution in [-0.4, -0.2) is 5.78 Å². The number of carbonyl (C=O) groups is 1. The molecule has 0 heterocycles. The first-order valence-corrected chi connectivity index (χ1v) is 6.68. The fraction of sp³-hybridized carbons (Fsp3) is 0.429. The van der Waals surface area contributed by atoms with Crippen LogP contribution in [0.25, 0.3) is 0 Å². The maximum atomic E-state index is 12.3. The summed E-state index contributed by atoms with van der Waals surface area (Å²) in [5.41, 5.74) is 0.629. The fourth-order valence-corrected chi connectivity index (χ4v) is 2.39. The Labute approximate surface area is 117 Å². The average molecular weight is 282 g/mol. The summed E-state index contributed by atoms with van der Waals surface area (Å²) in [4.78, 5) is 12.3. The Hall–Kier alpha value is -1.04. The summed E-state index contributed by atoms with van der Waals surface area (Å²) in [7, 11) is 0. The highest BCUT2D eigenvalue weighted by Gasteiger charge is 2.36. The lowest BCUT2D eigenvalue weighted by molar-refractivity contribution is -0.123. The van der Waals surface area contributed by atoms with Crippen LogP contribution in [0.2, 0.25) is 10.0 Å². The zero-order chi connectivity index (χ0) is 13.3. The van der Waals surface area contributed by atoms with Crippen molar-refractivity contribution >= 4 is 29.0 Å². The van der Waals surface area contributed by atoms with Crippen molar-refractivity contribution in [1.29, 1.82) is 5.26 Å². The molecule has 0 aliphatic heterocycles. The Morgan fingerprint density at radius 1 is 1.39 bits per heavy atom. The van der Waals surface area contributed by atoms with Crippen LogP contribution in [0.5, 0.6) is 0 Å². The number of hydrogen-bond acceptors (Lipinski definition) is 2. The largest absolute Gasteiger partial charge is 0.298 e. The van der Waals surface area contributed by atoms with E-state index >= 15 is 0 Å². The first-order valence-electron chi connectivity index (χ1n) is 5.93. The molecule has 18 heavy (non-hydrogen) atoms. The molecule has 1 fully saturated rings. The SMILES string of the molecule is CC(C(=O)C(C#N)c1ccc(Cl)c(Cl)c1)C1CC1. The van der Waals surface area contributed by atoms with Crippen molar-refractivity contribution < 1.29 is 4.79 Å². The van der Waals surface area contributed by atoms with Gasteiger partial charge in [0.05, 0.1) is 16.1 Å². The number of rotatable bonds is 4. The maximum absolute atomic E-state index is 12.3. The molecule has 0 radical (unpaired) electrons. The molecule has 4 heteroatoms. The van der Waals surface area contributed by atoms with E-state index in [1.165, 1.54) is 0 Å². The molecule has 1 aromatic rings. The smallest absolute Gasteiger partial charge is 0.157 e. The molecule has 94 valence electrons. The van der Waals surface area contributed by atoms with Gasteiger partial charge in [0.1, 0.15) is 5.92 Å². The Morgan fingerprint density at radius 2 is 2.06 bits per heavy atom. The molecule has 1 aliphatic rings. The predicted octanol–water partition coefficient (Wildman–Crippen LogP) is 4.22. The molecule has 1 aromatic carbocycles. The van der Waals surface area contributed by atoms with Gasteiger partial charge in [-0.1, -0.05) is 36.2 Å². The minimum atomic E-state index is -0.740. The number of nitrogens with zero attached hydrogens (tertiary/aromatic N) is 1. The maximum Gasteiger partial charge on any atom is 0.157 e. The molecule has 0 aromatic heterocycles. The highest BCUT2D eigenvalue weighted by molar-refractivity contribution is 6.42. The number of halogens is 2. The van der Waals surface area contributed by atoms with E-state index in [0.717, 1.165) is 12.8 Å². The zero-order valence-electron chi connectivity index (χ0n) is 9.99. The van der Waals surface area contributed by atoms with Gasteiger partial charge >= 0.3 is 0 Å². The van der Waals surface area contributed by atoms with Crippen LogP contribution in [0.4, 0.5) is 0 Å². The monoisotopic (exact) mass is 281 g/mol. The van der Waals surface area contributed by atoms with Gasteiger partial charge in [0.15, 0.2) is 5.78 Å². The minimum Gasteiger partial charge on any atom is -0.298 e. The van der Waals surface area contributed by atoms with Crippen molar-refractivity contribution in [2.45, 2.75) is 25.7 Å². The topological polar surface area (TPSA) is 40.9 Å². The van der Waals surface area contributed by atoms with Crippen molar-refractivity contribution in [2.75, 3.05) is 0 Å². The first-order chi connectivity index (χ1) is 8.54. The van der Waals surface area contributed by atoms with E-state index in [1.54, 1.807) is 18.2 Å². The Bertz CT molecular complexity index is 517. The Balaban J connectivity index is 2.24. The zero-order valence-corrected chi connectivity index (χ0v) is 11.5. The average Bonchev–Trinajstić information content (AvgIpc) is 3.17. The second-order valence-corrected chi connectivity index (χ2v) is 5.58. The lowest BCUT2D eigenvalue weighted by Crippen LogP contribution is -2.20. The molecule has 1 aliphatic carbocycles. The van der Waals surface area contributed by atoms with Crippen molar-refractivity contribution in [2.24, 2.45) is 11.8 Å². The van der Waals surface area contributed by atoms with E-state index in [2.05, 4.69) is 6.07 Å². The fourth-order valence-electron chi connectivity index (χ4n) is 2.09. The second kappa shape index (κ2) is 5.30. The summed E-state index contributed by atoms with van der Waals surface area (Å²) in [6.45, 7) is 1.90. The summed E-state index contributed by atoms with van der Waals surface area (Å²) in [6, 6.07) is 7.00. The Morgan fingerprint density at radius 3 is 2.56 bits per heavy atom. The van der Waals surface area contributed by atoms with Crippen LogP contribution >= 0.6 is 23.2 Å². The predicted molar refractivity (Wildman–Crippen MR) is 71.7 cm³/mol. The summed E-state index contributed by atoms with van der Waals surface area (Å²) in [5.74, 6) is -0.353. The summed E-state index contributed by atoms with van der Waals surface area (Å²) in [5, 5.41) is 10.0. The molecule has 0 bridgehead atoms. The number of carbonyl (C=O) groups excluding carboxylic acids is 1. The summed E-state index contributed by atoms with van der Waals surface area (Å²) >= 11 is 11.8. The minimum absolute atomic E-state index is 0.0154. The number of benzene rings is 1. The molecule has 2 unspecified atom stereocenters. The van der Waals surface area contributed by atoms with E-state index in [9.17, 15) is 10.1 Å². The number of ketones is 1. The van der Waals surface area contributed by atoms with Crippen LogP contribution in [0.15, 0.2) is 18.2 Å². The summed E-state index contributed by atoms with van der Waals surface area (Å²) in [6.07, 6.45) is 2.18. The van der Waals surface area contributed by atoms with Crippen LogP contribution in [0.1, 0.15) is 31.2 Å². The number of nitriles is 1. The van der Waals surface area contributed by atoms with Gasteiger partial charge in [0.2, 0.25) is 0 Å². The van der Waals surface area contributed by atoms with Crippen LogP contribution in [0.3, 0.4) is 0 Å². The van der Waals surface area contributed by atoms with Gasteiger partial charge in [0.25, 0.3) is 0 Å². The molecule has 0 spiro atoms. The van der Waals surface area contributed by atoms with Gasteiger partial charge in [-0.25, -0.2) is 0 Å². The van der Waals surface area contributed by atoms with Gasteiger partial charge in [-0.15, -0.1) is 0 Å². The molecule has 0 N–H and O–H groups in total. The van der Waals surface area contributed by atoms with Gasteiger partial charge in [-0.3, -0.25) is 4.79 Å². The van der Waals surface area contributed by atoms with Crippen molar-refractivity contribution in [3.05, 3.63) is 33.8 Å². The third-order valence-electron chi connectivity index (χ3n) is 3.47. The quantitative estimate of drug-likeness (QED) is 0.829. The number of Topliss-reactive ketones (excluding diaryl/α,β-unsaturated/α-hetero) is 1. The molecule has 2 rings (SSSR count). The highest BCUT2D eigenvalue weighted by Crippen LogP contribution is 2.39. The molecule has 1 saturated carbocycles. The molecule has 2 atom stereocenters.